The number of benzene rings is 1. The molecule has 1 spiro atoms. The number of hydrogen-bond donors (Lipinski definition) is 3. The summed E-state index contributed by atoms with van der Waals surface area (Å²) in [4.78, 5) is 14.1. The predicted molar refractivity (Wildman–Crippen MR) is 123 cm³/mol. The number of fused-ring (bicyclic) bond motifs is 3. The van der Waals surface area contributed by atoms with Crippen LogP contribution in [0, 0.1) is 28.4 Å². The van der Waals surface area contributed by atoms with Crippen molar-refractivity contribution < 1.29 is 8.78 Å². The van der Waals surface area contributed by atoms with Crippen molar-refractivity contribution in [3.8, 4) is 17.2 Å². The van der Waals surface area contributed by atoms with E-state index in [9.17, 15) is 9.65 Å². The van der Waals surface area contributed by atoms with Crippen LogP contribution < -0.4 is 16.0 Å². The zero-order chi connectivity index (χ0) is 22.9. The Bertz CT molecular complexity index is 1490. The fourth-order valence-corrected chi connectivity index (χ4v) is 5.26. The summed E-state index contributed by atoms with van der Waals surface area (Å²) in [7, 11) is 1.66. The Kier molecular flexibility index (Phi) is 4.13. The van der Waals surface area contributed by atoms with Crippen LogP contribution >= 0.6 is 0 Å². The molecule has 2 aliphatic rings. The lowest BCUT2D eigenvalue weighted by Crippen LogP contribution is -2.23. The Morgan fingerprint density at radius 1 is 1.27 bits per heavy atom. The van der Waals surface area contributed by atoms with Gasteiger partial charge in [-0.15, -0.1) is 0 Å². The lowest BCUT2D eigenvalue weighted by atomic mass is 10.0. The van der Waals surface area contributed by atoms with E-state index in [0.717, 1.165) is 37.7 Å². The highest BCUT2D eigenvalue weighted by Gasteiger charge is 2.55. The van der Waals surface area contributed by atoms with Crippen molar-refractivity contribution in [1.82, 2.24) is 15.0 Å². The number of aromatic nitrogens is 3. The maximum absolute atomic E-state index is 15.3. The summed E-state index contributed by atoms with van der Waals surface area (Å²) in [5.41, 5.74) is 10.3. The number of H-pyrrole nitrogens is 1. The third-order valence-electron chi connectivity index (χ3n) is 7.17. The van der Waals surface area contributed by atoms with Crippen LogP contribution in [0.4, 0.5) is 20.2 Å². The molecule has 1 aliphatic carbocycles. The zero-order valence-corrected chi connectivity index (χ0v) is 17.9. The van der Waals surface area contributed by atoms with E-state index in [4.69, 9.17) is 5.73 Å². The van der Waals surface area contributed by atoms with Crippen molar-refractivity contribution in [2.24, 2.45) is 11.1 Å². The minimum absolute atomic E-state index is 0.0612. The third kappa shape index (κ3) is 2.80. The molecule has 4 N–H and O–H groups in total. The van der Waals surface area contributed by atoms with E-state index in [2.05, 4.69) is 31.2 Å². The number of nitriles is 1. The van der Waals surface area contributed by atoms with Crippen LogP contribution in [-0.2, 0) is 0 Å². The summed E-state index contributed by atoms with van der Waals surface area (Å²) in [6, 6.07) is 5.14. The fraction of sp³-hybridized carbons (Fsp3) is 0.292. The molecule has 6 rings (SSSR count). The normalized spacial score (nSPS) is 21.8. The lowest BCUT2D eigenvalue weighted by molar-refractivity contribution is 0.518. The summed E-state index contributed by atoms with van der Waals surface area (Å²) in [5, 5.41) is 13.0. The van der Waals surface area contributed by atoms with Gasteiger partial charge in [-0.1, -0.05) is 0 Å². The number of nitrogens with two attached hydrogens (primary N) is 1. The Morgan fingerprint density at radius 2 is 2.09 bits per heavy atom. The van der Waals surface area contributed by atoms with Crippen LogP contribution in [0.3, 0.4) is 0 Å². The van der Waals surface area contributed by atoms with Gasteiger partial charge in [0.1, 0.15) is 11.7 Å². The molecule has 9 heteroatoms. The molecule has 166 valence electrons. The van der Waals surface area contributed by atoms with Crippen LogP contribution in [0.2, 0.25) is 0 Å². The molecule has 4 aromatic rings. The van der Waals surface area contributed by atoms with E-state index in [1.54, 1.807) is 25.5 Å². The molecule has 0 bridgehead atoms. The quantitative estimate of drug-likeness (QED) is 0.442. The molecule has 1 saturated carbocycles. The largest absolute Gasteiger partial charge is 0.386 e. The van der Waals surface area contributed by atoms with E-state index < -0.39 is 11.6 Å². The first-order chi connectivity index (χ1) is 16.0. The van der Waals surface area contributed by atoms with Gasteiger partial charge in [-0.3, -0.25) is 4.98 Å². The fourth-order valence-electron chi connectivity index (χ4n) is 5.26. The second-order valence-electron chi connectivity index (χ2n) is 9.01. The number of nitrogens with zero attached hydrogens (tertiary/aromatic N) is 4. The van der Waals surface area contributed by atoms with Gasteiger partial charge in [0.2, 0.25) is 0 Å². The first-order valence-electron chi connectivity index (χ1n) is 10.8. The number of halogens is 2. The monoisotopic (exact) mass is 445 g/mol. The molecule has 1 aliphatic heterocycles. The van der Waals surface area contributed by atoms with E-state index in [1.807, 2.05) is 0 Å². The summed E-state index contributed by atoms with van der Waals surface area (Å²) in [6.07, 6.45) is 6.75. The summed E-state index contributed by atoms with van der Waals surface area (Å²) >= 11 is 0. The van der Waals surface area contributed by atoms with Crippen molar-refractivity contribution in [2.75, 3.05) is 30.4 Å². The van der Waals surface area contributed by atoms with Gasteiger partial charge >= 0.3 is 0 Å². The Balaban J connectivity index is 1.69. The standard InChI is InChI=1S/C24H21F2N7/c1-29-16-5-15(25)20(26)18-19-22(33-3-2-24(11-33)6-17(24)28)14(10-31-23(19)32-21(16)18)13-4-12(7-27)8-30-9-13/h4-5,8-10,17,29H,2-3,6,11,28H2,1H3,(H,31,32)/t17-,24?/m0/s1. The highest BCUT2D eigenvalue weighted by atomic mass is 19.2. The molecule has 1 aromatic carbocycles. The number of nitrogens with one attached hydrogen (secondary N) is 2. The Hall–Kier alpha value is -3.77. The highest BCUT2D eigenvalue weighted by molar-refractivity contribution is 6.18. The molecule has 1 unspecified atom stereocenters. The van der Waals surface area contributed by atoms with E-state index >= 15 is 4.39 Å². The van der Waals surface area contributed by atoms with Gasteiger partial charge in [-0.25, -0.2) is 13.8 Å². The number of pyridine rings is 2. The molecule has 33 heavy (non-hydrogen) atoms. The van der Waals surface area contributed by atoms with E-state index in [-0.39, 0.29) is 16.8 Å². The first kappa shape index (κ1) is 19.9. The summed E-state index contributed by atoms with van der Waals surface area (Å²) in [6.45, 7) is 1.47. The topological polar surface area (TPSA) is 107 Å². The van der Waals surface area contributed by atoms with E-state index in [0.29, 0.717) is 38.9 Å². The smallest absolute Gasteiger partial charge is 0.169 e. The van der Waals surface area contributed by atoms with E-state index in [1.165, 1.54) is 6.20 Å². The molecule has 2 fully saturated rings. The average molecular weight is 445 g/mol. The molecule has 1 saturated heterocycles. The number of rotatable bonds is 3. The van der Waals surface area contributed by atoms with Crippen molar-refractivity contribution in [1.29, 1.82) is 5.26 Å². The van der Waals surface area contributed by atoms with Crippen LogP contribution in [0.25, 0.3) is 33.1 Å². The maximum Gasteiger partial charge on any atom is 0.169 e. The van der Waals surface area contributed by atoms with Crippen LogP contribution in [-0.4, -0.2) is 41.1 Å². The molecular formula is C24H21F2N7. The van der Waals surface area contributed by atoms with Gasteiger partial charge in [0.05, 0.1) is 33.2 Å². The lowest BCUT2D eigenvalue weighted by Gasteiger charge is -2.23. The van der Waals surface area contributed by atoms with Crippen molar-refractivity contribution in [3.63, 3.8) is 0 Å². The Labute approximate surface area is 188 Å². The SMILES string of the molecule is CNc1cc(F)c(F)c2c1[nH]c1ncc(-c3cncc(C#N)c3)c(N3CCC4(C[C@@H]4N)C3)c12. The molecule has 0 radical (unpaired) electrons. The van der Waals surface area contributed by atoms with Gasteiger partial charge in [0.25, 0.3) is 0 Å². The second kappa shape index (κ2) is 6.86. The second-order valence-corrected chi connectivity index (χ2v) is 9.01. The van der Waals surface area contributed by atoms with Gasteiger partial charge in [-0.2, -0.15) is 5.26 Å². The summed E-state index contributed by atoms with van der Waals surface area (Å²) < 4.78 is 29.9. The third-order valence-corrected chi connectivity index (χ3v) is 7.17. The molecule has 2 atom stereocenters. The van der Waals surface area contributed by atoms with Gasteiger partial charge in [0.15, 0.2) is 11.6 Å². The highest BCUT2D eigenvalue weighted by Crippen LogP contribution is 2.54. The van der Waals surface area contributed by atoms with Crippen molar-refractivity contribution >= 4 is 33.3 Å². The van der Waals surface area contributed by atoms with Crippen LogP contribution in [0.1, 0.15) is 18.4 Å². The predicted octanol–water partition coefficient (Wildman–Crippen LogP) is 3.90. The molecular weight excluding hydrogens is 424 g/mol. The zero-order valence-electron chi connectivity index (χ0n) is 17.9. The summed E-state index contributed by atoms with van der Waals surface area (Å²) in [5.74, 6) is -1.85. The number of anilines is 2. The van der Waals surface area contributed by atoms with Gasteiger partial charge < -0.3 is 20.9 Å². The van der Waals surface area contributed by atoms with Crippen molar-refractivity contribution in [2.45, 2.75) is 18.9 Å². The minimum atomic E-state index is -0.931. The molecule has 0 amide bonds. The van der Waals surface area contributed by atoms with Crippen molar-refractivity contribution in [3.05, 3.63) is 47.9 Å². The van der Waals surface area contributed by atoms with Crippen LogP contribution in [0.5, 0.6) is 0 Å². The maximum atomic E-state index is 15.3. The Morgan fingerprint density at radius 3 is 2.79 bits per heavy atom. The first-order valence-corrected chi connectivity index (χ1v) is 10.8. The molecule has 7 nitrogen and oxygen atoms in total. The van der Waals surface area contributed by atoms with Gasteiger partial charge in [-0.05, 0) is 18.9 Å². The average Bonchev–Trinajstić information content (AvgIpc) is 3.16. The molecule has 4 heterocycles. The minimum Gasteiger partial charge on any atom is -0.386 e. The van der Waals surface area contributed by atoms with Crippen LogP contribution in [0.15, 0.2) is 30.7 Å². The van der Waals surface area contributed by atoms with Gasteiger partial charge in [0, 0.05) is 67.4 Å². The number of aromatic amines is 1. The number of hydrogen-bond acceptors (Lipinski definition) is 6. The molecule has 3 aromatic heterocycles.